The first-order chi connectivity index (χ1) is 21.8. The van der Waals surface area contributed by atoms with Crippen LogP contribution in [0.25, 0.3) is 55.6 Å². The zero-order valence-corrected chi connectivity index (χ0v) is 23.8. The molecule has 0 amide bonds. The molecule has 45 heavy (non-hydrogen) atoms. The van der Waals surface area contributed by atoms with Crippen molar-refractivity contribution in [2.24, 2.45) is 0 Å². The summed E-state index contributed by atoms with van der Waals surface area (Å²) in [5, 5.41) is 28.1. The summed E-state index contributed by atoms with van der Waals surface area (Å²) >= 11 is 0. The Balaban J connectivity index is 1.31. The van der Waals surface area contributed by atoms with Crippen LogP contribution in [0.3, 0.4) is 0 Å². The molecule has 0 bridgehead atoms. The topological polar surface area (TPSA) is 112 Å². The Kier molecular flexibility index (Phi) is 7.78. The molecule has 6 nitrogen and oxygen atoms in total. The van der Waals surface area contributed by atoms with Crippen LogP contribution < -0.4 is 0 Å². The lowest BCUT2D eigenvalue weighted by Gasteiger charge is -2.13. The van der Waals surface area contributed by atoms with E-state index in [0.29, 0.717) is 11.1 Å². The lowest BCUT2D eigenvalue weighted by Crippen LogP contribution is -1.98. The third-order valence-corrected chi connectivity index (χ3v) is 7.76. The summed E-state index contributed by atoms with van der Waals surface area (Å²) in [5.41, 5.74) is 9.67. The van der Waals surface area contributed by atoms with Gasteiger partial charge in [-0.05, 0) is 104 Å². The summed E-state index contributed by atoms with van der Waals surface area (Å²) in [5.74, 6) is -3.02. The quantitative estimate of drug-likeness (QED) is 0.163. The van der Waals surface area contributed by atoms with Gasteiger partial charge in [-0.2, -0.15) is 0 Å². The monoisotopic (exact) mass is 590 g/mol. The van der Waals surface area contributed by atoms with Crippen molar-refractivity contribution in [2.75, 3.05) is 0 Å². The summed E-state index contributed by atoms with van der Waals surface area (Å²) in [4.78, 5) is 34.3. The zero-order valence-electron chi connectivity index (χ0n) is 23.8. The van der Waals surface area contributed by atoms with Crippen molar-refractivity contribution in [3.63, 3.8) is 0 Å². The molecule has 0 heterocycles. The molecule has 0 aliphatic carbocycles. The minimum atomic E-state index is -1.04. The SMILES string of the molecule is O=C(O)c1ccc(-c2cccc(-c3ccc(-c4cccc(-c5ccc(C(=O)O)cc5-c5ccc(C(=O)O)cc5)c4)cc3)c2)cc1. The highest BCUT2D eigenvalue weighted by Crippen LogP contribution is 2.36. The second-order valence-corrected chi connectivity index (χ2v) is 10.6. The molecule has 3 N–H and O–H groups in total. The molecule has 0 atom stereocenters. The Hall–Kier alpha value is -6.27. The van der Waals surface area contributed by atoms with Crippen LogP contribution in [0.1, 0.15) is 31.1 Å². The molecule has 6 heteroatoms. The summed E-state index contributed by atoms with van der Waals surface area (Å²) in [6.45, 7) is 0. The Bertz CT molecular complexity index is 2060. The predicted molar refractivity (Wildman–Crippen MR) is 174 cm³/mol. The molecular weight excluding hydrogens is 564 g/mol. The van der Waals surface area contributed by atoms with E-state index in [1.165, 1.54) is 12.1 Å². The van der Waals surface area contributed by atoms with Gasteiger partial charge in [-0.1, -0.05) is 91.0 Å². The average molecular weight is 591 g/mol. The molecule has 218 valence electrons. The second-order valence-electron chi connectivity index (χ2n) is 10.6. The molecule has 0 aromatic heterocycles. The fourth-order valence-corrected chi connectivity index (χ4v) is 5.37. The van der Waals surface area contributed by atoms with Gasteiger partial charge < -0.3 is 15.3 Å². The molecule has 6 aromatic rings. The molecule has 6 rings (SSSR count). The molecule has 0 spiro atoms. The molecule has 0 radical (unpaired) electrons. The van der Waals surface area contributed by atoms with Gasteiger partial charge in [0.1, 0.15) is 0 Å². The lowest BCUT2D eigenvalue weighted by molar-refractivity contribution is 0.0686. The maximum absolute atomic E-state index is 11.8. The third kappa shape index (κ3) is 6.12. The van der Waals surface area contributed by atoms with Gasteiger partial charge in [0.15, 0.2) is 0 Å². The van der Waals surface area contributed by atoms with Crippen LogP contribution in [-0.2, 0) is 0 Å². The number of carboxylic acid groups (broad SMARTS) is 3. The van der Waals surface area contributed by atoms with E-state index < -0.39 is 17.9 Å². The van der Waals surface area contributed by atoms with Crippen molar-refractivity contribution in [2.45, 2.75) is 0 Å². The van der Waals surface area contributed by atoms with Crippen molar-refractivity contribution in [1.29, 1.82) is 0 Å². The Labute approximate surface area is 259 Å². The van der Waals surface area contributed by atoms with Gasteiger partial charge in [-0.3, -0.25) is 0 Å². The first-order valence-electron chi connectivity index (χ1n) is 14.1. The van der Waals surface area contributed by atoms with Gasteiger partial charge in [0.2, 0.25) is 0 Å². The summed E-state index contributed by atoms with van der Waals surface area (Å²) in [7, 11) is 0. The van der Waals surface area contributed by atoms with Gasteiger partial charge >= 0.3 is 17.9 Å². The van der Waals surface area contributed by atoms with E-state index in [4.69, 9.17) is 0 Å². The Morgan fingerprint density at radius 2 is 0.667 bits per heavy atom. The van der Waals surface area contributed by atoms with Gasteiger partial charge in [0.25, 0.3) is 0 Å². The van der Waals surface area contributed by atoms with E-state index >= 15 is 0 Å². The lowest BCUT2D eigenvalue weighted by atomic mass is 9.90. The first-order valence-corrected chi connectivity index (χ1v) is 14.1. The largest absolute Gasteiger partial charge is 0.478 e. The summed E-state index contributed by atoms with van der Waals surface area (Å²) in [6, 6.07) is 42.5. The van der Waals surface area contributed by atoms with E-state index in [2.05, 4.69) is 36.4 Å². The number of hydrogen-bond acceptors (Lipinski definition) is 3. The van der Waals surface area contributed by atoms with Crippen LogP contribution in [0, 0.1) is 0 Å². The van der Waals surface area contributed by atoms with Crippen LogP contribution in [0.5, 0.6) is 0 Å². The second kappa shape index (κ2) is 12.1. The van der Waals surface area contributed by atoms with E-state index in [1.54, 1.807) is 42.5 Å². The van der Waals surface area contributed by atoms with E-state index in [-0.39, 0.29) is 16.7 Å². The molecule has 0 aliphatic rings. The van der Waals surface area contributed by atoms with Gasteiger partial charge in [0.05, 0.1) is 16.7 Å². The van der Waals surface area contributed by atoms with Crippen molar-refractivity contribution in [1.82, 2.24) is 0 Å². The average Bonchev–Trinajstić information content (AvgIpc) is 3.08. The standard InChI is InChI=1S/C39H26O6/c40-37(41)28-15-11-26(12-16-28)31-4-1-3-30(21-31)24-7-9-25(10-8-24)32-5-2-6-33(22-32)35-20-19-34(39(44)45)23-36(35)27-13-17-29(18-14-27)38(42)43/h1-23H,(H,40,41)(H,42,43)(H,44,45). The molecule has 6 aromatic carbocycles. The van der Waals surface area contributed by atoms with E-state index in [9.17, 15) is 29.7 Å². The molecule has 0 fully saturated rings. The van der Waals surface area contributed by atoms with Crippen molar-refractivity contribution in [3.8, 4) is 55.6 Å². The van der Waals surface area contributed by atoms with Crippen LogP contribution in [0.4, 0.5) is 0 Å². The zero-order chi connectivity index (χ0) is 31.5. The number of aromatic carboxylic acids is 3. The van der Waals surface area contributed by atoms with Crippen LogP contribution in [0.2, 0.25) is 0 Å². The minimum absolute atomic E-state index is 0.143. The molecular formula is C39H26O6. The maximum atomic E-state index is 11.8. The van der Waals surface area contributed by atoms with E-state index in [1.807, 2.05) is 48.5 Å². The number of benzene rings is 6. The predicted octanol–water partition coefficient (Wildman–Crippen LogP) is 9.12. The van der Waals surface area contributed by atoms with Crippen molar-refractivity contribution >= 4 is 17.9 Å². The molecule has 0 saturated carbocycles. The van der Waals surface area contributed by atoms with E-state index in [0.717, 1.165) is 44.5 Å². The fraction of sp³-hybridized carbons (Fsp3) is 0. The summed E-state index contributed by atoms with van der Waals surface area (Å²) < 4.78 is 0. The smallest absolute Gasteiger partial charge is 0.335 e. The van der Waals surface area contributed by atoms with Crippen LogP contribution in [0.15, 0.2) is 140 Å². The van der Waals surface area contributed by atoms with Crippen LogP contribution in [-0.4, -0.2) is 33.2 Å². The van der Waals surface area contributed by atoms with Gasteiger partial charge in [-0.25, -0.2) is 14.4 Å². The maximum Gasteiger partial charge on any atom is 0.335 e. The molecule has 0 aliphatic heterocycles. The highest BCUT2D eigenvalue weighted by atomic mass is 16.4. The number of rotatable bonds is 8. The number of carboxylic acids is 3. The van der Waals surface area contributed by atoms with Gasteiger partial charge in [0, 0.05) is 0 Å². The Morgan fingerprint density at radius 3 is 1.11 bits per heavy atom. The van der Waals surface area contributed by atoms with Crippen LogP contribution >= 0.6 is 0 Å². The highest BCUT2D eigenvalue weighted by molar-refractivity contribution is 5.95. The summed E-state index contributed by atoms with van der Waals surface area (Å²) in [6.07, 6.45) is 0. The van der Waals surface area contributed by atoms with Crippen molar-refractivity contribution < 1.29 is 29.7 Å². The first kappa shape index (κ1) is 28.8. The molecule has 0 saturated heterocycles. The normalized spacial score (nSPS) is 10.8. The fourth-order valence-electron chi connectivity index (χ4n) is 5.37. The van der Waals surface area contributed by atoms with Gasteiger partial charge in [-0.15, -0.1) is 0 Å². The Morgan fingerprint density at radius 1 is 0.311 bits per heavy atom. The minimum Gasteiger partial charge on any atom is -0.478 e. The highest BCUT2D eigenvalue weighted by Gasteiger charge is 2.14. The molecule has 0 unspecified atom stereocenters. The number of carbonyl (C=O) groups is 3. The number of hydrogen-bond donors (Lipinski definition) is 3. The third-order valence-electron chi connectivity index (χ3n) is 7.76. The van der Waals surface area contributed by atoms with Crippen molar-refractivity contribution in [3.05, 3.63) is 156 Å².